The van der Waals surface area contributed by atoms with Crippen molar-refractivity contribution in [3.63, 3.8) is 0 Å². The van der Waals surface area contributed by atoms with Crippen molar-refractivity contribution in [3.05, 3.63) is 99.6 Å². The van der Waals surface area contributed by atoms with Crippen molar-refractivity contribution in [2.45, 2.75) is 32.0 Å². The molecule has 36 heavy (non-hydrogen) atoms. The highest BCUT2D eigenvalue weighted by molar-refractivity contribution is 5.89. The maximum atomic E-state index is 13.7. The number of fused-ring (bicyclic) bond motifs is 1. The summed E-state index contributed by atoms with van der Waals surface area (Å²) in [5, 5.41) is 8.48. The second kappa shape index (κ2) is 9.47. The normalized spacial score (nSPS) is 19.2. The van der Waals surface area contributed by atoms with E-state index >= 15 is 0 Å². The molecule has 5 rings (SSSR count). The van der Waals surface area contributed by atoms with Crippen LogP contribution in [0, 0.1) is 12.4 Å². The molecule has 0 radical (unpaired) electrons. The van der Waals surface area contributed by atoms with Crippen LogP contribution in [0.4, 0.5) is 15.9 Å². The van der Waals surface area contributed by atoms with Gasteiger partial charge in [0.2, 0.25) is 5.52 Å². The van der Waals surface area contributed by atoms with Crippen LogP contribution >= 0.6 is 0 Å². The SMILES string of the molecule is [C-]#[N+]c1ccc2c(n1)c(N1C[C@@H](C)N(C(c3ccc(F)cc3)c3cccnn3)C[C@@H]1C)cc(=O)n2C. The van der Waals surface area contributed by atoms with Crippen LogP contribution in [0.25, 0.3) is 15.9 Å². The summed E-state index contributed by atoms with van der Waals surface area (Å²) in [7, 11) is 1.71. The lowest BCUT2D eigenvalue weighted by Crippen LogP contribution is -2.57. The van der Waals surface area contributed by atoms with Gasteiger partial charge in [-0.1, -0.05) is 18.7 Å². The highest BCUT2D eigenvalue weighted by Gasteiger charge is 2.37. The Balaban J connectivity index is 1.55. The Kier molecular flexibility index (Phi) is 6.20. The molecule has 3 atom stereocenters. The minimum Gasteiger partial charge on any atom is -0.362 e. The van der Waals surface area contributed by atoms with Gasteiger partial charge in [-0.15, -0.1) is 4.98 Å². The maximum absolute atomic E-state index is 13.7. The Morgan fingerprint density at radius 1 is 1.08 bits per heavy atom. The van der Waals surface area contributed by atoms with E-state index in [4.69, 9.17) is 6.57 Å². The van der Waals surface area contributed by atoms with Gasteiger partial charge >= 0.3 is 0 Å². The Morgan fingerprint density at radius 3 is 2.56 bits per heavy atom. The Labute approximate surface area is 208 Å². The summed E-state index contributed by atoms with van der Waals surface area (Å²) in [5.41, 5.74) is 3.67. The van der Waals surface area contributed by atoms with Crippen molar-refractivity contribution in [2.75, 3.05) is 18.0 Å². The number of rotatable bonds is 4. The molecule has 0 aliphatic carbocycles. The van der Waals surface area contributed by atoms with Crippen LogP contribution in [-0.4, -0.2) is 49.8 Å². The van der Waals surface area contributed by atoms with Gasteiger partial charge in [0.25, 0.3) is 11.4 Å². The molecule has 1 aliphatic heterocycles. The molecule has 9 heteroatoms. The van der Waals surface area contributed by atoms with Gasteiger partial charge in [-0.25, -0.2) is 4.39 Å². The van der Waals surface area contributed by atoms with Crippen LogP contribution in [0.15, 0.2) is 65.6 Å². The molecular weight excluding hydrogens is 457 g/mol. The lowest BCUT2D eigenvalue weighted by Gasteiger charge is -2.48. The fraction of sp³-hybridized carbons (Fsp3) is 0.296. The topological polar surface area (TPSA) is 71.5 Å². The summed E-state index contributed by atoms with van der Waals surface area (Å²) in [6.45, 7) is 12.9. The predicted octanol–water partition coefficient (Wildman–Crippen LogP) is 4.10. The monoisotopic (exact) mass is 483 g/mol. The third-order valence-corrected chi connectivity index (χ3v) is 6.90. The van der Waals surface area contributed by atoms with Crippen LogP contribution in [0.3, 0.4) is 0 Å². The second-order valence-electron chi connectivity index (χ2n) is 9.23. The van der Waals surface area contributed by atoms with E-state index in [0.29, 0.717) is 29.9 Å². The Hall–Kier alpha value is -4.16. The molecule has 182 valence electrons. The van der Waals surface area contributed by atoms with Crippen molar-refractivity contribution < 1.29 is 4.39 Å². The van der Waals surface area contributed by atoms with E-state index in [9.17, 15) is 9.18 Å². The van der Waals surface area contributed by atoms with Gasteiger partial charge in [0, 0.05) is 44.5 Å². The standard InChI is InChI=1S/C27H26FN7O/c1-17-16-35(27(21-6-5-13-30-32-21)19-7-9-20(28)10-8-19)18(2)15-34(17)23-14-25(36)33(4)22-11-12-24(29-3)31-26(22)23/h5-14,17-18,27H,15-16H2,1-2,4H3/t17-,18+,27?/m0/s1. The number of benzene rings is 1. The number of aryl methyl sites for hydroxylation is 1. The molecule has 4 heterocycles. The molecule has 4 aromatic rings. The Morgan fingerprint density at radius 2 is 1.86 bits per heavy atom. The molecular formula is C27H26FN7O. The summed E-state index contributed by atoms with van der Waals surface area (Å²) in [4.78, 5) is 25.4. The number of piperazine rings is 1. The highest BCUT2D eigenvalue weighted by atomic mass is 19.1. The van der Waals surface area contributed by atoms with E-state index < -0.39 is 0 Å². The molecule has 1 unspecified atom stereocenters. The largest absolute Gasteiger partial charge is 0.362 e. The molecule has 0 bridgehead atoms. The molecule has 0 amide bonds. The number of halogens is 1. The van der Waals surface area contributed by atoms with Crippen molar-refractivity contribution >= 4 is 22.5 Å². The molecule has 1 aliphatic rings. The maximum Gasteiger partial charge on any atom is 0.270 e. The van der Waals surface area contributed by atoms with Crippen LogP contribution in [0.2, 0.25) is 0 Å². The summed E-state index contributed by atoms with van der Waals surface area (Å²) < 4.78 is 15.3. The fourth-order valence-electron chi connectivity index (χ4n) is 5.07. The zero-order valence-corrected chi connectivity index (χ0v) is 20.3. The van der Waals surface area contributed by atoms with Crippen LogP contribution in [-0.2, 0) is 7.05 Å². The summed E-state index contributed by atoms with van der Waals surface area (Å²) in [6, 6.07) is 15.2. The average molecular weight is 484 g/mol. The minimum absolute atomic E-state index is 0.0227. The second-order valence-corrected chi connectivity index (χ2v) is 9.23. The van der Waals surface area contributed by atoms with Crippen LogP contribution < -0.4 is 10.5 Å². The lowest BCUT2D eigenvalue weighted by molar-refractivity contribution is 0.127. The summed E-state index contributed by atoms with van der Waals surface area (Å²) in [5.74, 6) is 0.00691. The van der Waals surface area contributed by atoms with Crippen molar-refractivity contribution in [2.24, 2.45) is 7.05 Å². The lowest BCUT2D eigenvalue weighted by atomic mass is 9.96. The average Bonchev–Trinajstić information content (AvgIpc) is 2.89. The molecule has 8 nitrogen and oxygen atoms in total. The minimum atomic E-state index is -0.285. The van der Waals surface area contributed by atoms with Crippen LogP contribution in [0.5, 0.6) is 0 Å². The van der Waals surface area contributed by atoms with E-state index in [1.807, 2.05) is 12.1 Å². The van der Waals surface area contributed by atoms with Gasteiger partial charge in [0.1, 0.15) is 5.82 Å². The number of nitrogens with zero attached hydrogens (tertiary/aromatic N) is 7. The molecule has 1 aromatic carbocycles. The van der Waals surface area contributed by atoms with Gasteiger partial charge in [-0.3, -0.25) is 9.69 Å². The third-order valence-electron chi connectivity index (χ3n) is 6.90. The van der Waals surface area contributed by atoms with E-state index in [0.717, 1.165) is 16.9 Å². The Bertz CT molecular complexity index is 1500. The first-order valence-electron chi connectivity index (χ1n) is 11.8. The molecule has 1 saturated heterocycles. The highest BCUT2D eigenvalue weighted by Crippen LogP contribution is 2.35. The van der Waals surface area contributed by atoms with E-state index in [1.165, 1.54) is 12.1 Å². The zero-order valence-electron chi connectivity index (χ0n) is 20.3. The van der Waals surface area contributed by atoms with Gasteiger partial charge < -0.3 is 14.3 Å². The first kappa shape index (κ1) is 23.6. The number of hydrogen-bond acceptors (Lipinski definition) is 6. The number of aromatic nitrogens is 4. The smallest absolute Gasteiger partial charge is 0.270 e. The van der Waals surface area contributed by atoms with Crippen molar-refractivity contribution in [1.29, 1.82) is 0 Å². The van der Waals surface area contributed by atoms with Crippen LogP contribution in [0.1, 0.15) is 31.1 Å². The van der Waals surface area contributed by atoms with E-state index in [1.54, 1.807) is 48.1 Å². The molecule has 1 fully saturated rings. The van der Waals surface area contributed by atoms with Gasteiger partial charge in [0.15, 0.2) is 0 Å². The first-order valence-corrected chi connectivity index (χ1v) is 11.8. The number of anilines is 1. The molecule has 3 aromatic heterocycles. The van der Waals surface area contributed by atoms with E-state index in [-0.39, 0.29) is 29.5 Å². The summed E-state index contributed by atoms with van der Waals surface area (Å²) >= 11 is 0. The molecule has 0 spiro atoms. The summed E-state index contributed by atoms with van der Waals surface area (Å²) in [6.07, 6.45) is 1.64. The predicted molar refractivity (Wildman–Crippen MR) is 136 cm³/mol. The third kappa shape index (κ3) is 4.20. The van der Waals surface area contributed by atoms with Gasteiger partial charge in [0.05, 0.1) is 22.9 Å². The zero-order chi connectivity index (χ0) is 25.4. The molecule has 0 saturated carbocycles. The van der Waals surface area contributed by atoms with Crippen molar-refractivity contribution in [3.8, 4) is 0 Å². The van der Waals surface area contributed by atoms with Gasteiger partial charge in [-0.05, 0) is 55.8 Å². The number of pyridine rings is 2. The molecule has 0 N–H and O–H groups in total. The quantitative estimate of drug-likeness (QED) is 0.407. The van der Waals surface area contributed by atoms with E-state index in [2.05, 4.69) is 43.7 Å². The first-order chi connectivity index (χ1) is 17.4. The number of hydrogen-bond donors (Lipinski definition) is 0. The fourth-order valence-corrected chi connectivity index (χ4v) is 5.07. The van der Waals surface area contributed by atoms with Crippen molar-refractivity contribution in [1.82, 2.24) is 24.6 Å². The van der Waals surface area contributed by atoms with Gasteiger partial charge in [-0.2, -0.15) is 10.2 Å².